The first-order chi connectivity index (χ1) is 11.4. The first kappa shape index (κ1) is 16.0. The molecule has 3 rings (SSSR count). The summed E-state index contributed by atoms with van der Waals surface area (Å²) in [4.78, 5) is 11.9. The number of hydrogen-bond acceptors (Lipinski definition) is 3. The van der Waals surface area contributed by atoms with Gasteiger partial charge in [0.25, 0.3) is 0 Å². The van der Waals surface area contributed by atoms with E-state index < -0.39 is 6.36 Å². The van der Waals surface area contributed by atoms with E-state index in [-0.39, 0.29) is 5.75 Å². The van der Waals surface area contributed by atoms with E-state index in [1.165, 1.54) is 12.1 Å². The summed E-state index contributed by atoms with van der Waals surface area (Å²) >= 11 is 0. The van der Waals surface area contributed by atoms with E-state index in [1.807, 2.05) is 25.1 Å². The number of benzene rings is 1. The molecule has 0 saturated carbocycles. The molecule has 0 fully saturated rings. The molecule has 0 bridgehead atoms. The lowest BCUT2D eigenvalue weighted by Crippen LogP contribution is -2.17. The van der Waals surface area contributed by atoms with Crippen LogP contribution < -0.4 is 4.74 Å². The first-order valence-corrected chi connectivity index (χ1v) is 7.22. The van der Waals surface area contributed by atoms with E-state index in [9.17, 15) is 13.2 Å². The SMILES string of the molecule is Cc1cccc(-c2cnc(Cc3ccc(OC(F)(F)F)cc3)[nH]2)n1. The maximum absolute atomic E-state index is 12.1. The Labute approximate surface area is 136 Å². The van der Waals surface area contributed by atoms with Gasteiger partial charge in [-0.15, -0.1) is 13.2 Å². The molecule has 0 aliphatic heterocycles. The van der Waals surface area contributed by atoms with Gasteiger partial charge in [-0.05, 0) is 36.8 Å². The van der Waals surface area contributed by atoms with Crippen molar-refractivity contribution in [1.29, 1.82) is 0 Å². The number of alkyl halides is 3. The zero-order valence-electron chi connectivity index (χ0n) is 12.8. The third-order valence-electron chi connectivity index (χ3n) is 3.32. The van der Waals surface area contributed by atoms with E-state index in [4.69, 9.17) is 0 Å². The molecule has 1 aromatic carbocycles. The topological polar surface area (TPSA) is 50.8 Å². The van der Waals surface area contributed by atoms with Crippen molar-refractivity contribution in [2.75, 3.05) is 0 Å². The Bertz CT molecular complexity index is 826. The number of hydrogen-bond donors (Lipinski definition) is 1. The van der Waals surface area contributed by atoms with Crippen LogP contribution in [0.4, 0.5) is 13.2 Å². The van der Waals surface area contributed by atoms with Crippen molar-refractivity contribution in [2.24, 2.45) is 0 Å². The molecule has 124 valence electrons. The van der Waals surface area contributed by atoms with Gasteiger partial charge in [-0.3, -0.25) is 4.98 Å². The molecule has 7 heteroatoms. The van der Waals surface area contributed by atoms with Gasteiger partial charge in [-0.25, -0.2) is 4.98 Å². The Kier molecular flexibility index (Phi) is 4.24. The Morgan fingerprint density at radius 2 is 1.83 bits per heavy atom. The van der Waals surface area contributed by atoms with Crippen molar-refractivity contribution in [2.45, 2.75) is 19.7 Å². The first-order valence-electron chi connectivity index (χ1n) is 7.22. The summed E-state index contributed by atoms with van der Waals surface area (Å²) in [7, 11) is 0. The van der Waals surface area contributed by atoms with Crippen molar-refractivity contribution >= 4 is 0 Å². The third kappa shape index (κ3) is 4.13. The van der Waals surface area contributed by atoms with Crippen LogP contribution in [0.25, 0.3) is 11.4 Å². The minimum absolute atomic E-state index is 0.240. The number of ether oxygens (including phenoxy) is 1. The number of pyridine rings is 1. The number of nitrogens with zero attached hydrogens (tertiary/aromatic N) is 2. The van der Waals surface area contributed by atoms with Crippen LogP contribution in [0.1, 0.15) is 17.1 Å². The van der Waals surface area contributed by atoms with Crippen molar-refractivity contribution in [1.82, 2.24) is 15.0 Å². The minimum atomic E-state index is -4.68. The molecule has 24 heavy (non-hydrogen) atoms. The fraction of sp³-hybridized carbons (Fsp3) is 0.176. The van der Waals surface area contributed by atoms with E-state index >= 15 is 0 Å². The molecule has 0 saturated heterocycles. The molecule has 0 aliphatic rings. The second-order valence-corrected chi connectivity index (χ2v) is 5.28. The molecule has 0 amide bonds. The Morgan fingerprint density at radius 1 is 1.08 bits per heavy atom. The molecule has 4 nitrogen and oxygen atoms in total. The Hall–Kier alpha value is -2.83. The number of halogens is 3. The van der Waals surface area contributed by atoms with Crippen LogP contribution >= 0.6 is 0 Å². The summed E-state index contributed by atoms with van der Waals surface area (Å²) in [5.41, 5.74) is 3.32. The van der Waals surface area contributed by atoms with Crippen LogP contribution in [0.3, 0.4) is 0 Å². The van der Waals surface area contributed by atoms with Gasteiger partial charge in [-0.1, -0.05) is 18.2 Å². The Balaban J connectivity index is 1.71. The van der Waals surface area contributed by atoms with Crippen LogP contribution in [-0.2, 0) is 6.42 Å². The summed E-state index contributed by atoms with van der Waals surface area (Å²) in [5.74, 6) is 0.466. The molecule has 0 aliphatic carbocycles. The van der Waals surface area contributed by atoms with Gasteiger partial charge in [0.15, 0.2) is 0 Å². The van der Waals surface area contributed by atoms with Gasteiger partial charge in [0, 0.05) is 12.1 Å². The van der Waals surface area contributed by atoms with Crippen molar-refractivity contribution < 1.29 is 17.9 Å². The number of aromatic nitrogens is 3. The molecule has 1 N–H and O–H groups in total. The number of aromatic amines is 1. The average Bonchev–Trinajstić information content (AvgIpc) is 2.96. The lowest BCUT2D eigenvalue weighted by molar-refractivity contribution is -0.274. The van der Waals surface area contributed by atoms with E-state index in [2.05, 4.69) is 19.7 Å². The summed E-state index contributed by atoms with van der Waals surface area (Å²) in [5, 5.41) is 0. The summed E-state index contributed by atoms with van der Waals surface area (Å²) in [6, 6.07) is 11.4. The van der Waals surface area contributed by atoms with Gasteiger partial charge < -0.3 is 9.72 Å². The second kappa shape index (κ2) is 6.35. The van der Waals surface area contributed by atoms with E-state index in [1.54, 1.807) is 18.3 Å². The standard InChI is InChI=1S/C17H14F3N3O/c1-11-3-2-4-14(22-11)15-10-21-16(23-15)9-12-5-7-13(8-6-12)24-17(18,19)20/h2-8,10H,9H2,1H3,(H,21,23). The largest absolute Gasteiger partial charge is 0.573 e. The summed E-state index contributed by atoms with van der Waals surface area (Å²) < 4.78 is 40.3. The second-order valence-electron chi connectivity index (χ2n) is 5.28. The maximum atomic E-state index is 12.1. The highest BCUT2D eigenvalue weighted by molar-refractivity contribution is 5.53. The number of rotatable bonds is 4. The van der Waals surface area contributed by atoms with Gasteiger partial charge in [0.05, 0.1) is 17.6 Å². The lowest BCUT2D eigenvalue weighted by Gasteiger charge is -2.08. The number of imidazole rings is 1. The van der Waals surface area contributed by atoms with Gasteiger partial charge in [-0.2, -0.15) is 0 Å². The zero-order valence-corrected chi connectivity index (χ0v) is 12.8. The van der Waals surface area contributed by atoms with E-state index in [0.29, 0.717) is 12.2 Å². The smallest absolute Gasteiger partial charge is 0.406 e. The Morgan fingerprint density at radius 3 is 2.50 bits per heavy atom. The highest BCUT2D eigenvalue weighted by Gasteiger charge is 2.30. The number of nitrogens with one attached hydrogen (secondary N) is 1. The highest BCUT2D eigenvalue weighted by atomic mass is 19.4. The van der Waals surface area contributed by atoms with Crippen LogP contribution in [0, 0.1) is 6.92 Å². The molecular weight excluding hydrogens is 319 g/mol. The van der Waals surface area contributed by atoms with Crippen molar-refractivity contribution in [3.8, 4) is 17.1 Å². The van der Waals surface area contributed by atoms with Gasteiger partial charge in [0.2, 0.25) is 0 Å². The highest BCUT2D eigenvalue weighted by Crippen LogP contribution is 2.23. The van der Waals surface area contributed by atoms with Crippen LogP contribution in [-0.4, -0.2) is 21.3 Å². The molecule has 3 aromatic rings. The fourth-order valence-electron chi connectivity index (χ4n) is 2.28. The zero-order chi connectivity index (χ0) is 17.2. The molecule has 0 spiro atoms. The monoisotopic (exact) mass is 333 g/mol. The molecule has 2 heterocycles. The summed E-state index contributed by atoms with van der Waals surface area (Å²) in [6.45, 7) is 1.91. The normalized spacial score (nSPS) is 11.5. The molecular formula is C17H14F3N3O. The maximum Gasteiger partial charge on any atom is 0.573 e. The van der Waals surface area contributed by atoms with Crippen LogP contribution in [0.15, 0.2) is 48.7 Å². The molecule has 2 aromatic heterocycles. The molecule has 0 radical (unpaired) electrons. The van der Waals surface area contributed by atoms with Gasteiger partial charge in [0.1, 0.15) is 11.6 Å². The molecule has 0 unspecified atom stereocenters. The fourth-order valence-corrected chi connectivity index (χ4v) is 2.28. The lowest BCUT2D eigenvalue weighted by atomic mass is 10.1. The predicted molar refractivity (Wildman–Crippen MR) is 82.5 cm³/mol. The average molecular weight is 333 g/mol. The minimum Gasteiger partial charge on any atom is -0.406 e. The van der Waals surface area contributed by atoms with Crippen molar-refractivity contribution in [3.05, 3.63) is 65.7 Å². The van der Waals surface area contributed by atoms with E-state index in [0.717, 1.165) is 22.6 Å². The predicted octanol–water partition coefficient (Wildman–Crippen LogP) is 4.27. The van der Waals surface area contributed by atoms with Crippen molar-refractivity contribution in [3.63, 3.8) is 0 Å². The summed E-state index contributed by atoms with van der Waals surface area (Å²) in [6.07, 6.45) is -2.52. The number of aryl methyl sites for hydroxylation is 1. The quantitative estimate of drug-likeness (QED) is 0.776. The van der Waals surface area contributed by atoms with Crippen LogP contribution in [0.5, 0.6) is 5.75 Å². The number of H-pyrrole nitrogens is 1. The third-order valence-corrected chi connectivity index (χ3v) is 3.32. The van der Waals surface area contributed by atoms with Gasteiger partial charge >= 0.3 is 6.36 Å². The van der Waals surface area contributed by atoms with Crippen LogP contribution in [0.2, 0.25) is 0 Å². The molecule has 0 atom stereocenters.